The maximum absolute atomic E-state index is 14.5. The Bertz CT molecular complexity index is 1510. The van der Waals surface area contributed by atoms with Crippen LogP contribution in [0.4, 0.5) is 8.78 Å². The summed E-state index contributed by atoms with van der Waals surface area (Å²) in [6, 6.07) is 7.15. The zero-order valence-corrected chi connectivity index (χ0v) is 20.8. The molecule has 0 saturated carbocycles. The number of H-pyrrole nitrogens is 1. The van der Waals surface area contributed by atoms with Gasteiger partial charge in [0.2, 0.25) is 5.82 Å². The van der Waals surface area contributed by atoms with Crippen molar-refractivity contribution in [2.75, 3.05) is 0 Å². The van der Waals surface area contributed by atoms with E-state index in [0.29, 0.717) is 17.2 Å². The summed E-state index contributed by atoms with van der Waals surface area (Å²) in [5.74, 6) is 5.55. The van der Waals surface area contributed by atoms with E-state index in [1.54, 1.807) is 32.2 Å². The summed E-state index contributed by atoms with van der Waals surface area (Å²) in [5, 5.41) is 25.7. The lowest BCUT2D eigenvalue weighted by Gasteiger charge is -2.19. The Morgan fingerprint density at radius 2 is 1.84 bits per heavy atom. The predicted molar refractivity (Wildman–Crippen MR) is 132 cm³/mol. The van der Waals surface area contributed by atoms with E-state index in [2.05, 4.69) is 47.2 Å². The standard InChI is InChI=1S/C27H25F2N7O/c1-14-8-9-16(12-14)17-13-21(22-18(28)6-5-7-19(22)29)33-34-23(17)15(2)20-10-11-30-24(31-20)25-32-26(36-35-25)27(3,4)37/h5-7,10-11,13-16,37H,12H2,1-4H3,(H,32,35,36)/t14?,15?,16-/m0/s1. The predicted octanol–water partition coefficient (Wildman–Crippen LogP) is 4.50. The number of aromatic nitrogens is 7. The van der Waals surface area contributed by atoms with Crippen LogP contribution in [-0.4, -0.2) is 40.5 Å². The molecular formula is C27H25F2N7O. The Kier molecular flexibility index (Phi) is 6.25. The van der Waals surface area contributed by atoms with Crippen LogP contribution >= 0.6 is 0 Å². The SMILES string of the molecule is CC1C#C[C@H](c2cc(-c3c(F)cccc3F)nnc2C(C)c2ccnc(-c3n[nH]c(C(C)(C)O)n3)n2)C1. The van der Waals surface area contributed by atoms with Crippen molar-refractivity contribution in [3.8, 4) is 34.7 Å². The van der Waals surface area contributed by atoms with Crippen molar-refractivity contribution in [3.05, 3.63) is 70.9 Å². The quantitative estimate of drug-likeness (QED) is 0.374. The summed E-state index contributed by atoms with van der Waals surface area (Å²) in [4.78, 5) is 13.2. The third-order valence-corrected chi connectivity index (χ3v) is 6.34. The van der Waals surface area contributed by atoms with Gasteiger partial charge in [-0.3, -0.25) is 5.10 Å². The van der Waals surface area contributed by atoms with Crippen molar-refractivity contribution < 1.29 is 13.9 Å². The molecule has 3 aromatic heterocycles. The van der Waals surface area contributed by atoms with Crippen molar-refractivity contribution in [1.29, 1.82) is 0 Å². The Labute approximate surface area is 212 Å². The highest BCUT2D eigenvalue weighted by Crippen LogP contribution is 2.36. The highest BCUT2D eigenvalue weighted by atomic mass is 19.1. The molecule has 4 aromatic rings. The van der Waals surface area contributed by atoms with E-state index in [1.165, 1.54) is 18.2 Å². The molecule has 2 N–H and O–H groups in total. The monoisotopic (exact) mass is 501 g/mol. The van der Waals surface area contributed by atoms with E-state index in [1.807, 2.05) is 13.8 Å². The number of rotatable bonds is 6. The van der Waals surface area contributed by atoms with E-state index in [4.69, 9.17) is 0 Å². The fraction of sp³-hybridized carbons (Fsp3) is 0.333. The number of nitrogens with zero attached hydrogens (tertiary/aromatic N) is 6. The van der Waals surface area contributed by atoms with E-state index in [-0.39, 0.29) is 40.7 Å². The van der Waals surface area contributed by atoms with Gasteiger partial charge in [-0.25, -0.2) is 23.7 Å². The van der Waals surface area contributed by atoms with Crippen molar-refractivity contribution in [3.63, 3.8) is 0 Å². The molecule has 188 valence electrons. The average molecular weight is 502 g/mol. The lowest BCUT2D eigenvalue weighted by molar-refractivity contribution is 0.0692. The van der Waals surface area contributed by atoms with E-state index < -0.39 is 17.2 Å². The van der Waals surface area contributed by atoms with Crippen LogP contribution in [0.25, 0.3) is 22.9 Å². The first kappa shape index (κ1) is 24.6. The first-order valence-electron chi connectivity index (χ1n) is 11.9. The van der Waals surface area contributed by atoms with Gasteiger partial charge in [0.25, 0.3) is 0 Å². The minimum absolute atomic E-state index is 0.117. The van der Waals surface area contributed by atoms with Gasteiger partial charge in [0.05, 0.1) is 22.6 Å². The fourth-order valence-electron chi connectivity index (χ4n) is 4.31. The maximum atomic E-state index is 14.5. The van der Waals surface area contributed by atoms with E-state index >= 15 is 0 Å². The second kappa shape index (κ2) is 9.41. The first-order valence-corrected chi connectivity index (χ1v) is 11.9. The molecule has 2 unspecified atom stereocenters. The lowest BCUT2D eigenvalue weighted by Crippen LogP contribution is -2.17. The van der Waals surface area contributed by atoms with E-state index in [9.17, 15) is 13.9 Å². The van der Waals surface area contributed by atoms with Crippen LogP contribution in [0.2, 0.25) is 0 Å². The van der Waals surface area contributed by atoms with Crippen LogP contribution < -0.4 is 0 Å². The zero-order chi connectivity index (χ0) is 26.3. The Morgan fingerprint density at radius 1 is 1.08 bits per heavy atom. The van der Waals surface area contributed by atoms with Gasteiger partial charge in [-0.1, -0.05) is 31.8 Å². The summed E-state index contributed by atoms with van der Waals surface area (Å²) in [6.07, 6.45) is 2.35. The molecule has 0 spiro atoms. The number of aromatic amines is 1. The number of hydrogen-bond acceptors (Lipinski definition) is 7. The normalized spacial score (nSPS) is 17.9. The average Bonchev–Trinajstić information content (AvgIpc) is 3.53. The first-order chi connectivity index (χ1) is 17.6. The smallest absolute Gasteiger partial charge is 0.219 e. The molecule has 0 saturated heterocycles. The topological polar surface area (TPSA) is 113 Å². The molecular weight excluding hydrogens is 476 g/mol. The maximum Gasteiger partial charge on any atom is 0.219 e. The third-order valence-electron chi connectivity index (χ3n) is 6.34. The molecule has 0 aliphatic heterocycles. The molecule has 0 bridgehead atoms. The van der Waals surface area contributed by atoms with Crippen molar-refractivity contribution >= 4 is 0 Å². The van der Waals surface area contributed by atoms with Crippen molar-refractivity contribution in [2.45, 2.75) is 51.6 Å². The van der Waals surface area contributed by atoms with Gasteiger partial charge in [-0.15, -0.1) is 10.2 Å². The van der Waals surface area contributed by atoms with Gasteiger partial charge < -0.3 is 5.11 Å². The highest BCUT2D eigenvalue weighted by Gasteiger charge is 2.28. The molecule has 1 aromatic carbocycles. The van der Waals surface area contributed by atoms with Gasteiger partial charge in [-0.05, 0) is 50.1 Å². The number of halogens is 2. The minimum atomic E-state index is -1.19. The summed E-state index contributed by atoms with van der Waals surface area (Å²) in [6.45, 7) is 7.16. The fourth-order valence-corrected chi connectivity index (χ4v) is 4.31. The molecule has 37 heavy (non-hydrogen) atoms. The summed E-state index contributed by atoms with van der Waals surface area (Å²) in [7, 11) is 0. The molecule has 3 heterocycles. The Balaban J connectivity index is 1.56. The van der Waals surface area contributed by atoms with Crippen LogP contribution in [0.3, 0.4) is 0 Å². The molecule has 0 amide bonds. The minimum Gasteiger partial charge on any atom is -0.382 e. The molecule has 10 heteroatoms. The van der Waals surface area contributed by atoms with Gasteiger partial charge in [0.1, 0.15) is 17.2 Å². The second-order valence-electron chi connectivity index (χ2n) is 9.74. The summed E-state index contributed by atoms with van der Waals surface area (Å²) < 4.78 is 29.1. The van der Waals surface area contributed by atoms with Gasteiger partial charge >= 0.3 is 0 Å². The number of aliphatic hydroxyl groups is 1. The lowest BCUT2D eigenvalue weighted by atomic mass is 9.88. The molecule has 0 fully saturated rings. The zero-order valence-electron chi connectivity index (χ0n) is 20.8. The number of nitrogens with one attached hydrogen (secondary N) is 1. The van der Waals surface area contributed by atoms with Gasteiger partial charge in [0, 0.05) is 24.0 Å². The molecule has 8 nitrogen and oxygen atoms in total. The van der Waals surface area contributed by atoms with Crippen LogP contribution in [0.1, 0.15) is 68.7 Å². The Hall–Kier alpha value is -4.10. The second-order valence-corrected chi connectivity index (χ2v) is 9.74. The van der Waals surface area contributed by atoms with Crippen LogP contribution in [0.15, 0.2) is 36.5 Å². The van der Waals surface area contributed by atoms with Crippen LogP contribution in [0.5, 0.6) is 0 Å². The molecule has 3 atom stereocenters. The third kappa shape index (κ3) is 4.82. The van der Waals surface area contributed by atoms with Gasteiger partial charge in [0.15, 0.2) is 11.6 Å². The van der Waals surface area contributed by atoms with E-state index in [0.717, 1.165) is 12.0 Å². The van der Waals surface area contributed by atoms with Crippen LogP contribution in [0, 0.1) is 29.4 Å². The number of benzene rings is 1. The summed E-state index contributed by atoms with van der Waals surface area (Å²) in [5.41, 5.74) is 0.723. The molecule has 5 rings (SSSR count). The van der Waals surface area contributed by atoms with Crippen molar-refractivity contribution in [1.82, 2.24) is 35.3 Å². The molecule has 0 radical (unpaired) electrons. The number of hydrogen-bond donors (Lipinski definition) is 2. The molecule has 1 aliphatic rings. The largest absolute Gasteiger partial charge is 0.382 e. The molecule has 1 aliphatic carbocycles. The highest BCUT2D eigenvalue weighted by molar-refractivity contribution is 5.62. The summed E-state index contributed by atoms with van der Waals surface area (Å²) >= 11 is 0. The van der Waals surface area contributed by atoms with Crippen LogP contribution in [-0.2, 0) is 5.60 Å². The van der Waals surface area contributed by atoms with Gasteiger partial charge in [-0.2, -0.15) is 5.10 Å². The van der Waals surface area contributed by atoms with Crippen molar-refractivity contribution in [2.24, 2.45) is 5.92 Å². The Morgan fingerprint density at radius 3 is 2.49 bits per heavy atom.